The second kappa shape index (κ2) is 8.19. The first-order valence-electron chi connectivity index (χ1n) is 9.96. The lowest BCUT2D eigenvalue weighted by Crippen LogP contribution is -2.41. The van der Waals surface area contributed by atoms with Crippen LogP contribution in [-0.2, 0) is 17.8 Å². The van der Waals surface area contributed by atoms with E-state index in [0.717, 1.165) is 36.3 Å². The van der Waals surface area contributed by atoms with Crippen molar-refractivity contribution in [3.8, 4) is 0 Å². The average Bonchev–Trinajstić information content (AvgIpc) is 3.28. The van der Waals surface area contributed by atoms with Crippen LogP contribution in [0.25, 0.3) is 0 Å². The maximum absolute atomic E-state index is 13.4. The molecule has 3 heterocycles. The van der Waals surface area contributed by atoms with E-state index in [9.17, 15) is 9.18 Å². The Bertz CT molecular complexity index is 1010. The first-order valence-corrected chi connectivity index (χ1v) is 9.96. The van der Waals surface area contributed by atoms with Crippen LogP contribution in [0, 0.1) is 19.7 Å². The molecule has 0 spiro atoms. The molecule has 1 saturated heterocycles. The van der Waals surface area contributed by atoms with Crippen molar-refractivity contribution >= 4 is 5.91 Å². The van der Waals surface area contributed by atoms with Crippen LogP contribution < -0.4 is 0 Å². The number of likely N-dealkylation sites (tertiary alicyclic amines) is 1. The van der Waals surface area contributed by atoms with Gasteiger partial charge in [-0.05, 0) is 50.5 Å². The molecule has 4 rings (SSSR count). The van der Waals surface area contributed by atoms with E-state index >= 15 is 0 Å². The molecule has 0 saturated carbocycles. The van der Waals surface area contributed by atoms with E-state index in [2.05, 4.69) is 10.1 Å². The number of aryl methyl sites for hydroxylation is 2. The summed E-state index contributed by atoms with van der Waals surface area (Å²) in [6, 6.07) is 8.46. The minimum Gasteiger partial charge on any atom is -0.445 e. The number of rotatable bonds is 5. The minimum atomic E-state index is -0.258. The number of hydrogen-bond acceptors (Lipinski definition) is 4. The number of oxazole rings is 1. The Morgan fingerprint density at radius 2 is 2.17 bits per heavy atom. The zero-order chi connectivity index (χ0) is 20.4. The van der Waals surface area contributed by atoms with Gasteiger partial charge in [-0.2, -0.15) is 5.10 Å². The van der Waals surface area contributed by atoms with Gasteiger partial charge in [-0.3, -0.25) is 9.48 Å². The molecule has 1 aliphatic rings. The summed E-state index contributed by atoms with van der Waals surface area (Å²) < 4.78 is 21.1. The summed E-state index contributed by atoms with van der Waals surface area (Å²) in [7, 11) is 0. The molecule has 0 aliphatic carbocycles. The number of piperidine rings is 1. The Hall–Kier alpha value is -2.96. The minimum absolute atomic E-state index is 0.0624. The maximum atomic E-state index is 13.4. The zero-order valence-corrected chi connectivity index (χ0v) is 16.8. The second-order valence-corrected chi connectivity index (χ2v) is 7.74. The van der Waals surface area contributed by atoms with Gasteiger partial charge in [0.2, 0.25) is 5.91 Å². The van der Waals surface area contributed by atoms with Gasteiger partial charge in [0, 0.05) is 25.2 Å². The molecular formula is C22H25FN4O2. The summed E-state index contributed by atoms with van der Waals surface area (Å²) in [5, 5.41) is 4.38. The molecule has 1 aliphatic heterocycles. The Morgan fingerprint density at radius 3 is 2.93 bits per heavy atom. The molecule has 1 fully saturated rings. The van der Waals surface area contributed by atoms with Gasteiger partial charge in [-0.1, -0.05) is 12.1 Å². The Morgan fingerprint density at radius 1 is 1.31 bits per heavy atom. The lowest BCUT2D eigenvalue weighted by molar-refractivity contribution is -0.133. The fourth-order valence-electron chi connectivity index (χ4n) is 3.91. The highest BCUT2D eigenvalue weighted by atomic mass is 19.1. The van der Waals surface area contributed by atoms with Crippen molar-refractivity contribution in [1.29, 1.82) is 0 Å². The van der Waals surface area contributed by atoms with Crippen LogP contribution in [-0.4, -0.2) is 38.7 Å². The largest absolute Gasteiger partial charge is 0.445 e. The van der Waals surface area contributed by atoms with E-state index in [1.165, 1.54) is 12.1 Å². The number of carbonyl (C=O) groups is 1. The molecule has 1 atom stereocenters. The third-order valence-electron chi connectivity index (χ3n) is 5.35. The highest BCUT2D eigenvalue weighted by molar-refractivity contribution is 5.76. The van der Waals surface area contributed by atoms with Crippen molar-refractivity contribution in [1.82, 2.24) is 19.7 Å². The Labute approximate surface area is 169 Å². The van der Waals surface area contributed by atoms with Crippen molar-refractivity contribution in [3.05, 3.63) is 70.9 Å². The average molecular weight is 396 g/mol. The molecule has 1 aromatic carbocycles. The van der Waals surface area contributed by atoms with E-state index < -0.39 is 0 Å². The van der Waals surface area contributed by atoms with Crippen LogP contribution in [0.4, 0.5) is 4.39 Å². The standard InChI is InChI=1S/C22H25FN4O2/c1-15-9-16(2)27(25-15)14-21(28)26-8-4-6-18(13-26)22-24-12-20(29-22)11-17-5-3-7-19(23)10-17/h3,5,7,9-10,12,18H,4,6,8,11,13-14H2,1-2H3/t18-/m1/s1. The first kappa shape index (κ1) is 19.4. The molecule has 0 unspecified atom stereocenters. The summed E-state index contributed by atoms with van der Waals surface area (Å²) in [5.41, 5.74) is 2.74. The van der Waals surface area contributed by atoms with Crippen molar-refractivity contribution in [2.75, 3.05) is 13.1 Å². The smallest absolute Gasteiger partial charge is 0.244 e. The quantitative estimate of drug-likeness (QED) is 0.661. The molecule has 6 nitrogen and oxygen atoms in total. The van der Waals surface area contributed by atoms with Gasteiger partial charge in [-0.25, -0.2) is 9.37 Å². The van der Waals surface area contributed by atoms with Crippen LogP contribution in [0.5, 0.6) is 0 Å². The summed E-state index contributed by atoms with van der Waals surface area (Å²) in [6.07, 6.45) is 4.05. The lowest BCUT2D eigenvalue weighted by Gasteiger charge is -2.31. The fourth-order valence-corrected chi connectivity index (χ4v) is 3.91. The van der Waals surface area contributed by atoms with E-state index in [4.69, 9.17) is 4.42 Å². The maximum Gasteiger partial charge on any atom is 0.244 e. The Kier molecular flexibility index (Phi) is 5.47. The van der Waals surface area contributed by atoms with Crippen molar-refractivity contribution in [3.63, 3.8) is 0 Å². The first-order chi connectivity index (χ1) is 14.0. The third kappa shape index (κ3) is 4.55. The summed E-state index contributed by atoms with van der Waals surface area (Å²) >= 11 is 0. The van der Waals surface area contributed by atoms with Gasteiger partial charge in [0.1, 0.15) is 18.1 Å². The summed E-state index contributed by atoms with van der Waals surface area (Å²) in [6.45, 7) is 5.47. The van der Waals surface area contributed by atoms with E-state index in [1.807, 2.05) is 30.9 Å². The molecule has 1 amide bonds. The number of amides is 1. The van der Waals surface area contributed by atoms with Crippen LogP contribution >= 0.6 is 0 Å². The van der Waals surface area contributed by atoms with Gasteiger partial charge in [-0.15, -0.1) is 0 Å². The molecule has 3 aromatic rings. The van der Waals surface area contributed by atoms with Crippen molar-refractivity contribution < 1.29 is 13.6 Å². The fraction of sp³-hybridized carbons (Fsp3) is 0.409. The monoisotopic (exact) mass is 396 g/mol. The van der Waals surface area contributed by atoms with Crippen LogP contribution in [0.1, 0.15) is 47.4 Å². The zero-order valence-electron chi connectivity index (χ0n) is 16.8. The molecule has 29 heavy (non-hydrogen) atoms. The lowest BCUT2D eigenvalue weighted by atomic mass is 9.98. The number of halogens is 1. The predicted molar refractivity (Wildman–Crippen MR) is 106 cm³/mol. The normalized spacial score (nSPS) is 16.9. The van der Waals surface area contributed by atoms with Gasteiger partial charge in [0.15, 0.2) is 5.89 Å². The number of hydrogen-bond donors (Lipinski definition) is 0. The molecular weight excluding hydrogens is 371 g/mol. The van der Waals surface area contributed by atoms with Crippen molar-refractivity contribution in [2.45, 2.75) is 45.6 Å². The van der Waals surface area contributed by atoms with E-state index in [1.54, 1.807) is 16.9 Å². The van der Waals surface area contributed by atoms with Crippen molar-refractivity contribution in [2.24, 2.45) is 0 Å². The molecule has 152 valence electrons. The van der Waals surface area contributed by atoms with E-state index in [-0.39, 0.29) is 24.2 Å². The van der Waals surface area contributed by atoms with Gasteiger partial charge < -0.3 is 9.32 Å². The summed E-state index contributed by atoms with van der Waals surface area (Å²) in [5.74, 6) is 1.24. The molecule has 0 radical (unpaired) electrons. The molecule has 0 N–H and O–H groups in total. The summed E-state index contributed by atoms with van der Waals surface area (Å²) in [4.78, 5) is 19.1. The number of nitrogens with zero attached hydrogens (tertiary/aromatic N) is 4. The van der Waals surface area contributed by atoms with Crippen LogP contribution in [0.3, 0.4) is 0 Å². The third-order valence-corrected chi connectivity index (χ3v) is 5.35. The highest BCUT2D eigenvalue weighted by Crippen LogP contribution is 2.27. The van der Waals surface area contributed by atoms with Gasteiger partial charge in [0.25, 0.3) is 0 Å². The topological polar surface area (TPSA) is 64.2 Å². The van der Waals surface area contributed by atoms with Gasteiger partial charge >= 0.3 is 0 Å². The second-order valence-electron chi connectivity index (χ2n) is 7.74. The number of carbonyl (C=O) groups excluding carboxylic acids is 1. The number of benzene rings is 1. The molecule has 0 bridgehead atoms. The SMILES string of the molecule is Cc1cc(C)n(CC(=O)N2CCC[C@@H](c3ncc(Cc4cccc(F)c4)o3)C2)n1. The molecule has 7 heteroatoms. The van der Waals surface area contributed by atoms with Gasteiger partial charge in [0.05, 0.1) is 17.8 Å². The molecule has 2 aromatic heterocycles. The Balaban J connectivity index is 1.40. The van der Waals surface area contributed by atoms with Crippen LogP contribution in [0.15, 0.2) is 40.9 Å². The highest BCUT2D eigenvalue weighted by Gasteiger charge is 2.28. The van der Waals surface area contributed by atoms with Crippen LogP contribution in [0.2, 0.25) is 0 Å². The predicted octanol–water partition coefficient (Wildman–Crippen LogP) is 3.62. The number of aromatic nitrogens is 3. The van der Waals surface area contributed by atoms with E-state index in [0.29, 0.717) is 24.6 Å².